The van der Waals surface area contributed by atoms with Gasteiger partial charge in [0.25, 0.3) is 0 Å². The smallest absolute Gasteiger partial charge is 0.226 e. The van der Waals surface area contributed by atoms with Crippen LogP contribution in [0.3, 0.4) is 0 Å². The number of aliphatic hydroxyl groups is 1. The minimum Gasteiger partial charge on any atom is -0.464 e. The van der Waals surface area contributed by atoms with Gasteiger partial charge in [-0.15, -0.1) is 0 Å². The van der Waals surface area contributed by atoms with Crippen molar-refractivity contribution in [3.05, 3.63) is 35.1 Å². The third-order valence-electron chi connectivity index (χ3n) is 5.16. The van der Waals surface area contributed by atoms with Crippen LogP contribution in [0.4, 0.5) is 0 Å². The lowest BCUT2D eigenvalue weighted by Crippen LogP contribution is -2.35. The minimum atomic E-state index is -0.259. The van der Waals surface area contributed by atoms with Crippen molar-refractivity contribution in [2.24, 2.45) is 5.92 Å². The molecule has 1 heterocycles. The van der Waals surface area contributed by atoms with Crippen molar-refractivity contribution in [3.8, 4) is 0 Å². The number of amides is 1. The van der Waals surface area contributed by atoms with Gasteiger partial charge in [-0.2, -0.15) is 0 Å². The minimum absolute atomic E-state index is 0.0741. The molecule has 2 unspecified atom stereocenters. The second-order valence-electron chi connectivity index (χ2n) is 6.90. The highest BCUT2D eigenvalue weighted by molar-refractivity contribution is 5.88. The van der Waals surface area contributed by atoms with E-state index in [1.807, 2.05) is 13.1 Å². The number of rotatable bonds is 4. The largest absolute Gasteiger partial charge is 0.464 e. The van der Waals surface area contributed by atoms with Gasteiger partial charge in [-0.25, -0.2) is 0 Å². The van der Waals surface area contributed by atoms with Gasteiger partial charge in [0.2, 0.25) is 5.91 Å². The quantitative estimate of drug-likeness (QED) is 0.942. The Bertz CT molecular complexity index is 719. The molecule has 1 amide bonds. The average molecular weight is 315 g/mol. The molecule has 1 aromatic heterocycles. The first-order chi connectivity index (χ1) is 11.0. The number of hydrogen-bond donors (Lipinski definition) is 1. The molecule has 23 heavy (non-hydrogen) atoms. The van der Waals surface area contributed by atoms with E-state index in [0.717, 1.165) is 35.8 Å². The number of aryl methyl sites for hydroxylation is 2. The number of likely N-dealkylation sites (N-methyl/N-ethyl adjacent to an activating group) is 1. The lowest BCUT2D eigenvalue weighted by atomic mass is 10.0. The molecule has 1 aliphatic rings. The molecule has 0 radical (unpaired) electrons. The highest BCUT2D eigenvalue weighted by Crippen LogP contribution is 2.27. The summed E-state index contributed by atoms with van der Waals surface area (Å²) in [5.74, 6) is 0.292. The molecule has 1 aliphatic carbocycles. The van der Waals surface area contributed by atoms with Gasteiger partial charge in [0.1, 0.15) is 5.58 Å². The standard InChI is InChI=1S/C19H25NO3/c1-12-7-16-15(11-23-18(16)8-13(12)2)9-19(22)20(3)10-14-5-4-6-17(14)21/h7-8,11,14,17,21H,4-6,9-10H2,1-3H3. The van der Waals surface area contributed by atoms with Gasteiger partial charge < -0.3 is 14.4 Å². The summed E-state index contributed by atoms with van der Waals surface area (Å²) in [7, 11) is 1.82. The maximum absolute atomic E-state index is 12.5. The summed E-state index contributed by atoms with van der Waals surface area (Å²) in [5.41, 5.74) is 4.17. The molecule has 1 aromatic carbocycles. The Kier molecular flexibility index (Phi) is 4.44. The fourth-order valence-electron chi connectivity index (χ4n) is 3.45. The molecule has 124 valence electrons. The first-order valence-electron chi connectivity index (χ1n) is 8.35. The zero-order chi connectivity index (χ0) is 16.6. The summed E-state index contributed by atoms with van der Waals surface area (Å²) < 4.78 is 5.61. The molecule has 0 saturated heterocycles. The van der Waals surface area contributed by atoms with Crippen LogP contribution >= 0.6 is 0 Å². The van der Waals surface area contributed by atoms with Crippen molar-refractivity contribution < 1.29 is 14.3 Å². The Morgan fingerprint density at radius 2 is 2.04 bits per heavy atom. The Labute approximate surface area is 137 Å². The van der Waals surface area contributed by atoms with Crippen molar-refractivity contribution in [3.63, 3.8) is 0 Å². The lowest BCUT2D eigenvalue weighted by molar-refractivity contribution is -0.130. The van der Waals surface area contributed by atoms with E-state index in [4.69, 9.17) is 4.42 Å². The van der Waals surface area contributed by atoms with E-state index in [1.165, 1.54) is 11.1 Å². The van der Waals surface area contributed by atoms with E-state index in [0.29, 0.717) is 13.0 Å². The number of aliphatic hydroxyl groups excluding tert-OH is 1. The normalized spacial score (nSPS) is 21.0. The molecule has 3 rings (SSSR count). The van der Waals surface area contributed by atoms with Crippen LogP contribution in [0.25, 0.3) is 11.0 Å². The molecule has 4 heteroatoms. The molecule has 0 aliphatic heterocycles. The number of carbonyl (C=O) groups excluding carboxylic acids is 1. The van der Waals surface area contributed by atoms with E-state index in [1.54, 1.807) is 11.2 Å². The zero-order valence-electron chi connectivity index (χ0n) is 14.1. The molecule has 1 fully saturated rings. The predicted octanol–water partition coefficient (Wildman–Crippen LogP) is 3.21. The van der Waals surface area contributed by atoms with E-state index in [-0.39, 0.29) is 17.9 Å². The maximum atomic E-state index is 12.5. The van der Waals surface area contributed by atoms with Crippen LogP contribution in [0.5, 0.6) is 0 Å². The van der Waals surface area contributed by atoms with Crippen LogP contribution in [0.1, 0.15) is 36.0 Å². The zero-order valence-corrected chi connectivity index (χ0v) is 14.1. The van der Waals surface area contributed by atoms with Crippen LogP contribution in [-0.4, -0.2) is 35.6 Å². The summed E-state index contributed by atoms with van der Waals surface area (Å²) in [6.45, 7) is 4.76. The van der Waals surface area contributed by atoms with E-state index in [9.17, 15) is 9.90 Å². The number of furan rings is 1. The van der Waals surface area contributed by atoms with Gasteiger partial charge in [0, 0.05) is 30.5 Å². The molecule has 1 saturated carbocycles. The van der Waals surface area contributed by atoms with Gasteiger partial charge >= 0.3 is 0 Å². The predicted molar refractivity (Wildman–Crippen MR) is 90.4 cm³/mol. The van der Waals surface area contributed by atoms with Crippen molar-refractivity contribution in [2.75, 3.05) is 13.6 Å². The number of carbonyl (C=O) groups is 1. The fourth-order valence-corrected chi connectivity index (χ4v) is 3.45. The SMILES string of the molecule is Cc1cc2occ(CC(=O)N(C)CC3CCCC3O)c2cc1C. The van der Waals surface area contributed by atoms with Crippen molar-refractivity contribution in [2.45, 2.75) is 45.6 Å². The molecule has 2 aromatic rings. The third-order valence-corrected chi connectivity index (χ3v) is 5.16. The van der Waals surface area contributed by atoms with Crippen LogP contribution < -0.4 is 0 Å². The second kappa shape index (κ2) is 6.36. The van der Waals surface area contributed by atoms with Gasteiger partial charge in [-0.3, -0.25) is 4.79 Å². The molecular formula is C19H25NO3. The summed E-state index contributed by atoms with van der Waals surface area (Å²) in [5, 5.41) is 10.9. The molecule has 0 spiro atoms. The first kappa shape index (κ1) is 16.1. The summed E-state index contributed by atoms with van der Waals surface area (Å²) in [4.78, 5) is 14.3. The maximum Gasteiger partial charge on any atom is 0.226 e. The summed E-state index contributed by atoms with van der Waals surface area (Å²) in [6, 6.07) is 4.12. The molecular weight excluding hydrogens is 290 g/mol. The third kappa shape index (κ3) is 3.27. The summed E-state index contributed by atoms with van der Waals surface area (Å²) in [6.07, 6.45) is 4.70. The van der Waals surface area contributed by atoms with Gasteiger partial charge in [0.15, 0.2) is 0 Å². The number of hydrogen-bond acceptors (Lipinski definition) is 3. The van der Waals surface area contributed by atoms with Gasteiger partial charge in [0.05, 0.1) is 18.8 Å². The summed E-state index contributed by atoms with van der Waals surface area (Å²) >= 11 is 0. The van der Waals surface area contributed by atoms with E-state index < -0.39 is 0 Å². The molecule has 0 bridgehead atoms. The topological polar surface area (TPSA) is 53.7 Å². The Hall–Kier alpha value is -1.81. The Balaban J connectivity index is 1.71. The fraction of sp³-hybridized carbons (Fsp3) is 0.526. The highest BCUT2D eigenvalue weighted by atomic mass is 16.3. The number of nitrogens with zero attached hydrogens (tertiary/aromatic N) is 1. The van der Waals surface area contributed by atoms with Crippen molar-refractivity contribution in [1.29, 1.82) is 0 Å². The molecule has 4 nitrogen and oxygen atoms in total. The van der Waals surface area contributed by atoms with E-state index in [2.05, 4.69) is 19.9 Å². The van der Waals surface area contributed by atoms with Gasteiger partial charge in [-0.05, 0) is 49.9 Å². The van der Waals surface area contributed by atoms with Crippen LogP contribution in [0, 0.1) is 19.8 Å². The average Bonchev–Trinajstić information content (AvgIpc) is 3.07. The molecule has 1 N–H and O–H groups in total. The second-order valence-corrected chi connectivity index (χ2v) is 6.90. The number of fused-ring (bicyclic) bond motifs is 1. The van der Waals surface area contributed by atoms with Crippen molar-refractivity contribution in [1.82, 2.24) is 4.90 Å². The monoisotopic (exact) mass is 315 g/mol. The van der Waals surface area contributed by atoms with E-state index >= 15 is 0 Å². The Morgan fingerprint density at radius 1 is 1.30 bits per heavy atom. The first-order valence-corrected chi connectivity index (χ1v) is 8.35. The Morgan fingerprint density at radius 3 is 2.74 bits per heavy atom. The van der Waals surface area contributed by atoms with Gasteiger partial charge in [-0.1, -0.05) is 6.42 Å². The van der Waals surface area contributed by atoms with Crippen molar-refractivity contribution >= 4 is 16.9 Å². The van der Waals surface area contributed by atoms with Crippen LogP contribution in [0.2, 0.25) is 0 Å². The highest BCUT2D eigenvalue weighted by Gasteiger charge is 2.27. The van der Waals surface area contributed by atoms with Crippen LogP contribution in [0.15, 0.2) is 22.8 Å². The number of benzene rings is 1. The molecule has 2 atom stereocenters. The lowest BCUT2D eigenvalue weighted by Gasteiger charge is -2.23. The van der Waals surface area contributed by atoms with Crippen LogP contribution in [-0.2, 0) is 11.2 Å².